The fourth-order valence-corrected chi connectivity index (χ4v) is 4.63. The van der Waals surface area contributed by atoms with E-state index >= 15 is 0 Å². The van der Waals surface area contributed by atoms with E-state index in [0.717, 1.165) is 0 Å². The molecule has 1 aliphatic heterocycles. The quantitative estimate of drug-likeness (QED) is 0.507. The van der Waals surface area contributed by atoms with Crippen LogP contribution in [0.4, 0.5) is 0 Å². The molecule has 3 rings (SSSR count). The third-order valence-corrected chi connectivity index (χ3v) is 6.33. The number of hydrogen-bond donors (Lipinski definition) is 3. The van der Waals surface area contributed by atoms with Gasteiger partial charge in [0.2, 0.25) is 11.8 Å². The summed E-state index contributed by atoms with van der Waals surface area (Å²) in [5, 5.41) is 13.4. The van der Waals surface area contributed by atoms with Gasteiger partial charge in [-0.3, -0.25) is 19.2 Å². The average Bonchev–Trinajstić information content (AvgIpc) is 2.93. The number of fused-ring (bicyclic) bond motifs is 1. The van der Waals surface area contributed by atoms with Crippen LogP contribution in [0.25, 0.3) is 0 Å². The molecule has 0 spiro atoms. The number of nitrogens with one attached hydrogen (secondary N) is 2. The number of hydrogen-bond acceptors (Lipinski definition) is 6. The Balaban J connectivity index is 1.75. The van der Waals surface area contributed by atoms with Gasteiger partial charge in [0.1, 0.15) is 24.0 Å². The maximum Gasteiger partial charge on any atom is 0.322 e. The van der Waals surface area contributed by atoms with Gasteiger partial charge in [-0.05, 0) is 17.7 Å². The zero-order valence-corrected chi connectivity index (χ0v) is 17.0. The molecule has 31 heavy (non-hydrogen) atoms. The van der Waals surface area contributed by atoms with Gasteiger partial charge in [-0.1, -0.05) is 42.5 Å². The number of carbonyl (C=O) groups excluding carboxylic acids is 3. The lowest BCUT2D eigenvalue weighted by molar-refractivity contribution is -0.138. The number of rotatable bonds is 8. The summed E-state index contributed by atoms with van der Waals surface area (Å²) in [4.78, 5) is 48.0. The smallest absolute Gasteiger partial charge is 0.322 e. The molecular formula is C20H19N3O7S. The Morgan fingerprint density at radius 3 is 2.29 bits per heavy atom. The van der Waals surface area contributed by atoms with Crippen LogP contribution in [0.2, 0.25) is 0 Å². The molecule has 3 amide bonds. The van der Waals surface area contributed by atoms with Crippen molar-refractivity contribution < 1.29 is 32.7 Å². The Morgan fingerprint density at radius 2 is 1.65 bits per heavy atom. The Bertz CT molecular complexity index is 1130. The first kappa shape index (κ1) is 22.0. The molecule has 2 aromatic rings. The molecular weight excluding hydrogens is 426 g/mol. The Kier molecular flexibility index (Phi) is 6.35. The van der Waals surface area contributed by atoms with Crippen molar-refractivity contribution in [3.8, 4) is 0 Å². The summed E-state index contributed by atoms with van der Waals surface area (Å²) in [7, 11) is -4.18. The number of carbonyl (C=O) groups is 4. The number of benzene rings is 2. The minimum atomic E-state index is -4.18. The van der Waals surface area contributed by atoms with Crippen LogP contribution in [0.3, 0.4) is 0 Å². The van der Waals surface area contributed by atoms with Crippen molar-refractivity contribution in [3.63, 3.8) is 0 Å². The summed E-state index contributed by atoms with van der Waals surface area (Å²) >= 11 is 0. The first-order valence-electron chi connectivity index (χ1n) is 9.19. The van der Waals surface area contributed by atoms with Crippen molar-refractivity contribution in [2.45, 2.75) is 17.4 Å². The van der Waals surface area contributed by atoms with Gasteiger partial charge in [-0.15, -0.1) is 0 Å². The molecule has 162 valence electrons. The van der Waals surface area contributed by atoms with Crippen LogP contribution in [0, 0.1) is 0 Å². The summed E-state index contributed by atoms with van der Waals surface area (Å²) in [5.41, 5.74) is 0.658. The molecule has 1 aliphatic rings. The van der Waals surface area contributed by atoms with E-state index in [2.05, 4.69) is 10.6 Å². The summed E-state index contributed by atoms with van der Waals surface area (Å²) in [6.07, 6.45) is 0.0406. The average molecular weight is 445 g/mol. The Hall–Kier alpha value is -3.73. The van der Waals surface area contributed by atoms with Crippen LogP contribution < -0.4 is 10.6 Å². The van der Waals surface area contributed by atoms with Gasteiger partial charge in [-0.2, -0.15) is 0 Å². The topological polar surface area (TPSA) is 150 Å². The molecule has 3 N–H and O–H groups in total. The molecule has 11 heteroatoms. The molecule has 0 bridgehead atoms. The first-order valence-corrected chi connectivity index (χ1v) is 10.6. The van der Waals surface area contributed by atoms with Crippen molar-refractivity contribution in [1.82, 2.24) is 14.9 Å². The van der Waals surface area contributed by atoms with E-state index in [1.165, 1.54) is 24.3 Å². The van der Waals surface area contributed by atoms with E-state index in [-0.39, 0.29) is 16.9 Å². The third kappa shape index (κ3) is 4.89. The van der Waals surface area contributed by atoms with Crippen molar-refractivity contribution in [2.75, 3.05) is 13.1 Å². The molecule has 10 nitrogen and oxygen atoms in total. The third-order valence-electron chi connectivity index (χ3n) is 4.55. The monoisotopic (exact) mass is 445 g/mol. The molecule has 1 heterocycles. The fraction of sp³-hybridized carbons (Fsp3) is 0.200. The minimum absolute atomic E-state index is 0.0321. The minimum Gasteiger partial charge on any atom is -0.480 e. The predicted octanol–water partition coefficient (Wildman–Crippen LogP) is -0.241. The van der Waals surface area contributed by atoms with Crippen LogP contribution in [0.15, 0.2) is 59.5 Å². The van der Waals surface area contributed by atoms with Crippen molar-refractivity contribution >= 4 is 33.7 Å². The van der Waals surface area contributed by atoms with E-state index in [4.69, 9.17) is 5.11 Å². The SMILES string of the molecule is O=C(O)CNC(=O)C(Cc1ccccc1)NC(=O)CN1C(=O)c2ccccc2S1(=O)=O. The largest absolute Gasteiger partial charge is 0.480 e. The number of carboxylic acids is 1. The van der Waals surface area contributed by atoms with E-state index in [1.54, 1.807) is 30.3 Å². The molecule has 0 saturated heterocycles. The van der Waals surface area contributed by atoms with E-state index < -0.39 is 52.8 Å². The van der Waals surface area contributed by atoms with E-state index in [0.29, 0.717) is 9.87 Å². The van der Waals surface area contributed by atoms with Gasteiger partial charge in [-0.25, -0.2) is 12.7 Å². The van der Waals surface area contributed by atoms with Crippen LogP contribution in [0.1, 0.15) is 15.9 Å². The molecule has 0 saturated carbocycles. The summed E-state index contributed by atoms with van der Waals surface area (Å²) < 4.78 is 25.6. The molecule has 0 aliphatic carbocycles. The number of sulfonamides is 1. The lowest BCUT2D eigenvalue weighted by Gasteiger charge is -2.20. The second-order valence-electron chi connectivity index (χ2n) is 6.73. The Labute approximate surface area is 177 Å². The molecule has 2 aromatic carbocycles. The molecule has 1 atom stereocenters. The second-order valence-corrected chi connectivity index (χ2v) is 8.57. The zero-order chi connectivity index (χ0) is 22.6. The lowest BCUT2D eigenvalue weighted by atomic mass is 10.1. The standard InChI is InChI=1S/C20H19N3O7S/c24-17(12-23-20(28)14-8-4-5-9-16(14)31(23,29)30)22-15(19(27)21-11-18(25)26)10-13-6-2-1-3-7-13/h1-9,15H,10-12H2,(H,21,27)(H,22,24)(H,25,26). The van der Waals surface area contributed by atoms with Gasteiger partial charge < -0.3 is 15.7 Å². The highest BCUT2D eigenvalue weighted by Crippen LogP contribution is 2.29. The highest BCUT2D eigenvalue weighted by molar-refractivity contribution is 7.90. The van der Waals surface area contributed by atoms with Crippen molar-refractivity contribution in [2.24, 2.45) is 0 Å². The first-order chi connectivity index (χ1) is 14.7. The van der Waals surface area contributed by atoms with Crippen LogP contribution in [-0.2, 0) is 30.8 Å². The highest BCUT2D eigenvalue weighted by Gasteiger charge is 2.42. The van der Waals surface area contributed by atoms with Crippen molar-refractivity contribution in [3.05, 3.63) is 65.7 Å². The molecule has 0 fully saturated rings. The van der Waals surface area contributed by atoms with Gasteiger partial charge in [0.15, 0.2) is 0 Å². The van der Waals surface area contributed by atoms with Crippen LogP contribution in [0.5, 0.6) is 0 Å². The van der Waals surface area contributed by atoms with Crippen LogP contribution in [-0.4, -0.2) is 60.7 Å². The van der Waals surface area contributed by atoms with E-state index in [1.807, 2.05) is 0 Å². The molecule has 0 radical (unpaired) electrons. The Morgan fingerprint density at radius 1 is 1.00 bits per heavy atom. The predicted molar refractivity (Wildman–Crippen MR) is 107 cm³/mol. The van der Waals surface area contributed by atoms with Gasteiger partial charge in [0, 0.05) is 6.42 Å². The van der Waals surface area contributed by atoms with E-state index in [9.17, 15) is 27.6 Å². The lowest BCUT2D eigenvalue weighted by Crippen LogP contribution is -2.51. The van der Waals surface area contributed by atoms with Gasteiger partial charge >= 0.3 is 5.97 Å². The normalized spacial score (nSPS) is 15.1. The second kappa shape index (κ2) is 8.96. The van der Waals surface area contributed by atoms with Gasteiger partial charge in [0.05, 0.1) is 5.56 Å². The van der Waals surface area contributed by atoms with Gasteiger partial charge in [0.25, 0.3) is 15.9 Å². The maximum atomic E-state index is 12.6. The molecule has 0 aromatic heterocycles. The number of amides is 3. The number of aliphatic carboxylic acids is 1. The van der Waals surface area contributed by atoms with Crippen LogP contribution >= 0.6 is 0 Å². The summed E-state index contributed by atoms with van der Waals surface area (Å²) in [6, 6.07) is 13.1. The maximum absolute atomic E-state index is 12.6. The summed E-state index contributed by atoms with van der Waals surface area (Å²) in [5.74, 6) is -3.72. The van der Waals surface area contributed by atoms with Crippen molar-refractivity contribution in [1.29, 1.82) is 0 Å². The fourth-order valence-electron chi connectivity index (χ4n) is 3.10. The molecule has 1 unspecified atom stereocenters. The highest BCUT2D eigenvalue weighted by atomic mass is 32.2. The number of nitrogens with zero attached hydrogens (tertiary/aromatic N) is 1. The zero-order valence-electron chi connectivity index (χ0n) is 16.1. The number of carboxylic acid groups (broad SMARTS) is 1. The summed E-state index contributed by atoms with van der Waals surface area (Å²) in [6.45, 7) is -1.46.